The van der Waals surface area contributed by atoms with Crippen molar-refractivity contribution in [3.8, 4) is 11.5 Å². The highest BCUT2D eigenvalue weighted by Gasteiger charge is 2.24. The lowest BCUT2D eigenvalue weighted by atomic mass is 9.97. The van der Waals surface area contributed by atoms with Gasteiger partial charge < -0.3 is 19.5 Å². The molecule has 0 aliphatic carbocycles. The maximum absolute atomic E-state index is 12.5. The number of benzene rings is 2. The standard InChI is InChI=1S/C26H27ClN2O8S/c1-15(17-8-6-7-9-18(17)27)36-21-13-22(38-23(21)24(30)34-5)28-19-12-16(10-11-20(19)37-29(32)33)14-35-25(31)26(2,3)4/h6-13,15,28H,14H2,1-5H3/t15-/m1/s1. The minimum Gasteiger partial charge on any atom is -0.484 e. The molecule has 1 heterocycles. The second-order valence-corrected chi connectivity index (χ2v) is 10.6. The SMILES string of the molecule is COC(=O)c1sc(Nc2cc(COC(=O)C(C)(C)C)ccc2O[N+](=O)[O-])cc1O[C@H](C)c1ccccc1Cl. The van der Waals surface area contributed by atoms with E-state index in [9.17, 15) is 19.7 Å². The molecule has 1 N–H and O–H groups in total. The predicted octanol–water partition coefficient (Wildman–Crippen LogP) is 6.73. The molecule has 2 aromatic carbocycles. The van der Waals surface area contributed by atoms with E-state index in [1.54, 1.807) is 58.0 Å². The average Bonchev–Trinajstić information content (AvgIpc) is 3.24. The van der Waals surface area contributed by atoms with Crippen LogP contribution in [0.2, 0.25) is 5.02 Å². The number of nitrogens with one attached hydrogen (secondary N) is 1. The maximum atomic E-state index is 12.5. The van der Waals surface area contributed by atoms with Gasteiger partial charge in [-0.05, 0) is 51.5 Å². The van der Waals surface area contributed by atoms with Crippen molar-refractivity contribution in [3.05, 3.63) is 79.7 Å². The highest BCUT2D eigenvalue weighted by molar-refractivity contribution is 7.18. The number of anilines is 2. The van der Waals surface area contributed by atoms with E-state index in [0.717, 1.165) is 16.9 Å². The number of carbonyl (C=O) groups is 2. The van der Waals surface area contributed by atoms with Gasteiger partial charge in [0.05, 0.1) is 23.2 Å². The third kappa shape index (κ3) is 7.36. The van der Waals surface area contributed by atoms with Crippen LogP contribution in [0.3, 0.4) is 0 Å². The van der Waals surface area contributed by atoms with Crippen LogP contribution >= 0.6 is 22.9 Å². The Kier molecular flexibility index (Phi) is 9.18. The number of nitrogens with zero attached hydrogens (tertiary/aromatic N) is 1. The van der Waals surface area contributed by atoms with Gasteiger partial charge in [-0.1, -0.05) is 35.9 Å². The van der Waals surface area contributed by atoms with E-state index in [2.05, 4.69) is 5.32 Å². The van der Waals surface area contributed by atoms with Crippen LogP contribution in [0.5, 0.6) is 11.5 Å². The topological polar surface area (TPSA) is 126 Å². The van der Waals surface area contributed by atoms with Crippen molar-refractivity contribution in [2.24, 2.45) is 5.41 Å². The lowest BCUT2D eigenvalue weighted by molar-refractivity contribution is -0.710. The molecule has 38 heavy (non-hydrogen) atoms. The van der Waals surface area contributed by atoms with Gasteiger partial charge in [0.1, 0.15) is 24.2 Å². The summed E-state index contributed by atoms with van der Waals surface area (Å²) in [6, 6.07) is 13.2. The molecule has 0 saturated heterocycles. The quantitative estimate of drug-likeness (QED) is 0.162. The van der Waals surface area contributed by atoms with Crippen LogP contribution in [0, 0.1) is 15.5 Å². The molecule has 202 valence electrons. The van der Waals surface area contributed by atoms with Crippen LogP contribution in [0.25, 0.3) is 0 Å². The monoisotopic (exact) mass is 562 g/mol. The third-order valence-corrected chi connectivity index (χ3v) is 6.53. The minimum atomic E-state index is -0.937. The molecule has 0 spiro atoms. The van der Waals surface area contributed by atoms with E-state index in [1.807, 2.05) is 12.1 Å². The lowest BCUT2D eigenvalue weighted by Gasteiger charge is -2.17. The first-order valence-corrected chi connectivity index (χ1v) is 12.6. The van der Waals surface area contributed by atoms with Crippen LogP contribution in [0.1, 0.15) is 54.6 Å². The van der Waals surface area contributed by atoms with Crippen LogP contribution in [0.15, 0.2) is 48.5 Å². The highest BCUT2D eigenvalue weighted by Crippen LogP contribution is 2.40. The van der Waals surface area contributed by atoms with Gasteiger partial charge in [-0.3, -0.25) is 9.63 Å². The number of esters is 2. The van der Waals surface area contributed by atoms with Crippen molar-refractivity contribution in [3.63, 3.8) is 0 Å². The van der Waals surface area contributed by atoms with E-state index < -0.39 is 28.5 Å². The summed E-state index contributed by atoms with van der Waals surface area (Å²) >= 11 is 7.32. The molecule has 12 heteroatoms. The largest absolute Gasteiger partial charge is 0.484 e. The summed E-state index contributed by atoms with van der Waals surface area (Å²) in [6.45, 7) is 6.94. The number of rotatable bonds is 10. The zero-order chi connectivity index (χ0) is 28.0. The molecule has 10 nitrogen and oxygen atoms in total. The Labute approximate surface area is 228 Å². The summed E-state index contributed by atoms with van der Waals surface area (Å²) < 4.78 is 16.3. The molecule has 0 aliphatic rings. The molecule has 3 rings (SSSR count). The first-order chi connectivity index (χ1) is 17.9. The Morgan fingerprint density at radius 1 is 1.13 bits per heavy atom. The first-order valence-electron chi connectivity index (χ1n) is 11.4. The maximum Gasteiger partial charge on any atom is 0.351 e. The van der Waals surface area contributed by atoms with Crippen LogP contribution in [-0.4, -0.2) is 24.1 Å². The Morgan fingerprint density at radius 2 is 1.84 bits per heavy atom. The van der Waals surface area contributed by atoms with Gasteiger partial charge in [-0.15, -0.1) is 21.5 Å². The van der Waals surface area contributed by atoms with Gasteiger partial charge in [-0.2, -0.15) is 0 Å². The van der Waals surface area contributed by atoms with Gasteiger partial charge in [0.25, 0.3) is 5.09 Å². The number of hydrogen-bond donors (Lipinski definition) is 1. The van der Waals surface area contributed by atoms with Crippen LogP contribution < -0.4 is 14.9 Å². The van der Waals surface area contributed by atoms with Crippen LogP contribution in [-0.2, 0) is 20.9 Å². The summed E-state index contributed by atoms with van der Waals surface area (Å²) in [5, 5.41) is 14.1. The third-order valence-electron chi connectivity index (χ3n) is 5.17. The summed E-state index contributed by atoms with van der Waals surface area (Å²) in [7, 11) is 1.25. The molecule has 3 aromatic rings. The number of methoxy groups -OCH3 is 1. The predicted molar refractivity (Wildman–Crippen MR) is 143 cm³/mol. The van der Waals surface area contributed by atoms with Gasteiger partial charge >= 0.3 is 11.9 Å². The molecular formula is C26H27ClN2O8S. The first kappa shape index (κ1) is 28.7. The van der Waals surface area contributed by atoms with Gasteiger partial charge in [0.2, 0.25) is 0 Å². The molecular weight excluding hydrogens is 536 g/mol. The summed E-state index contributed by atoms with van der Waals surface area (Å²) in [5.41, 5.74) is 0.822. The Hall–Kier alpha value is -3.83. The molecule has 0 radical (unpaired) electrons. The fourth-order valence-corrected chi connectivity index (χ4v) is 4.45. The zero-order valence-corrected chi connectivity index (χ0v) is 23.0. The van der Waals surface area contributed by atoms with Crippen molar-refractivity contribution in [1.29, 1.82) is 0 Å². The number of ether oxygens (including phenoxy) is 3. The highest BCUT2D eigenvalue weighted by atomic mass is 35.5. The fourth-order valence-electron chi connectivity index (χ4n) is 3.24. The summed E-state index contributed by atoms with van der Waals surface area (Å²) in [4.78, 5) is 40.6. The van der Waals surface area contributed by atoms with E-state index in [-0.39, 0.29) is 28.7 Å². The lowest BCUT2D eigenvalue weighted by Crippen LogP contribution is -2.22. The number of carbonyl (C=O) groups excluding carboxylic acids is 2. The molecule has 0 aliphatic heterocycles. The van der Waals surface area contributed by atoms with E-state index in [1.165, 1.54) is 13.2 Å². The van der Waals surface area contributed by atoms with E-state index >= 15 is 0 Å². The van der Waals surface area contributed by atoms with Crippen molar-refractivity contribution in [1.82, 2.24) is 0 Å². The number of thiophene rings is 1. The van der Waals surface area contributed by atoms with Gasteiger partial charge in [0, 0.05) is 16.7 Å². The number of hydrogen-bond acceptors (Lipinski definition) is 10. The van der Waals surface area contributed by atoms with Crippen molar-refractivity contribution in [2.75, 3.05) is 12.4 Å². The molecule has 0 saturated carbocycles. The van der Waals surface area contributed by atoms with Crippen molar-refractivity contribution < 1.29 is 33.7 Å². The normalized spacial score (nSPS) is 11.8. The Balaban J connectivity index is 1.91. The Morgan fingerprint density at radius 3 is 2.47 bits per heavy atom. The van der Waals surface area contributed by atoms with E-state index in [4.69, 9.17) is 30.6 Å². The van der Waals surface area contributed by atoms with Crippen molar-refractivity contribution >= 4 is 45.6 Å². The van der Waals surface area contributed by atoms with Crippen LogP contribution in [0.4, 0.5) is 10.7 Å². The summed E-state index contributed by atoms with van der Waals surface area (Å²) in [5.74, 6) is -0.855. The molecule has 0 bridgehead atoms. The number of halogens is 1. The van der Waals surface area contributed by atoms with Gasteiger partial charge in [-0.25, -0.2) is 4.79 Å². The van der Waals surface area contributed by atoms with Gasteiger partial charge in [0.15, 0.2) is 4.88 Å². The molecule has 0 fully saturated rings. The molecule has 0 amide bonds. The molecule has 0 unspecified atom stereocenters. The smallest absolute Gasteiger partial charge is 0.351 e. The molecule has 1 aromatic heterocycles. The second-order valence-electron chi connectivity index (χ2n) is 9.17. The fraction of sp³-hybridized carbons (Fsp3) is 0.308. The average molecular weight is 563 g/mol. The molecule has 1 atom stereocenters. The van der Waals surface area contributed by atoms with Crippen molar-refractivity contribution in [2.45, 2.75) is 40.4 Å². The second kappa shape index (κ2) is 12.1. The van der Waals surface area contributed by atoms with E-state index in [0.29, 0.717) is 15.6 Å². The summed E-state index contributed by atoms with van der Waals surface area (Å²) in [6.07, 6.45) is -0.497. The zero-order valence-electron chi connectivity index (χ0n) is 21.4. The Bertz CT molecular complexity index is 1340. The minimum absolute atomic E-state index is 0.0505.